The molecule has 0 spiro atoms. The fourth-order valence-corrected chi connectivity index (χ4v) is 4.74. The monoisotopic (exact) mass is 317 g/mol. The molecular weight excluding hydrogens is 294 g/mol. The van der Waals surface area contributed by atoms with Crippen molar-refractivity contribution in [1.29, 1.82) is 5.26 Å². The number of carbonyl (C=O) groups is 1. The number of anilines is 1. The van der Waals surface area contributed by atoms with Gasteiger partial charge in [0.25, 0.3) is 0 Å². The molecule has 1 N–H and O–H groups in total. The van der Waals surface area contributed by atoms with E-state index in [-0.39, 0.29) is 11.8 Å². The van der Waals surface area contributed by atoms with Crippen LogP contribution >= 0.6 is 11.3 Å². The van der Waals surface area contributed by atoms with Gasteiger partial charge in [-0.3, -0.25) is 4.79 Å². The number of amides is 1. The van der Waals surface area contributed by atoms with E-state index < -0.39 is 0 Å². The first kappa shape index (κ1) is 15.5. The minimum absolute atomic E-state index is 0.0559. The molecule has 0 aliphatic heterocycles. The molecule has 1 amide bonds. The molecule has 1 aromatic heterocycles. The van der Waals surface area contributed by atoms with Crippen LogP contribution in [-0.2, 0) is 4.79 Å². The van der Waals surface area contributed by atoms with E-state index in [0.29, 0.717) is 18.3 Å². The number of aromatic nitrogens is 1. The zero-order valence-corrected chi connectivity index (χ0v) is 13.7. The summed E-state index contributed by atoms with van der Waals surface area (Å²) in [6.07, 6.45) is 11.8. The van der Waals surface area contributed by atoms with Crippen LogP contribution in [0.4, 0.5) is 5.13 Å². The maximum absolute atomic E-state index is 12.3. The lowest BCUT2D eigenvalue weighted by Crippen LogP contribution is -2.20. The number of hydrogen-bond donors (Lipinski definition) is 1. The van der Waals surface area contributed by atoms with Crippen LogP contribution in [0.5, 0.6) is 0 Å². The van der Waals surface area contributed by atoms with Gasteiger partial charge in [0, 0.05) is 23.4 Å². The van der Waals surface area contributed by atoms with Crippen molar-refractivity contribution in [2.24, 2.45) is 11.8 Å². The highest BCUT2D eigenvalue weighted by Crippen LogP contribution is 2.37. The quantitative estimate of drug-likeness (QED) is 0.891. The van der Waals surface area contributed by atoms with Crippen molar-refractivity contribution in [2.75, 3.05) is 5.32 Å². The lowest BCUT2D eigenvalue weighted by Gasteiger charge is -2.19. The third-order valence-corrected chi connectivity index (χ3v) is 6.13. The molecule has 2 saturated carbocycles. The first-order valence-electron chi connectivity index (χ1n) is 8.40. The van der Waals surface area contributed by atoms with Crippen LogP contribution in [0, 0.1) is 23.2 Å². The summed E-state index contributed by atoms with van der Waals surface area (Å²) in [7, 11) is 0. The molecule has 1 heterocycles. The van der Waals surface area contributed by atoms with Crippen LogP contribution in [0.25, 0.3) is 0 Å². The number of hydrogen-bond acceptors (Lipinski definition) is 4. The zero-order chi connectivity index (χ0) is 15.4. The molecule has 1 aromatic rings. The largest absolute Gasteiger partial charge is 0.302 e. The first-order chi connectivity index (χ1) is 10.8. The summed E-state index contributed by atoms with van der Waals surface area (Å²) in [5, 5.41) is 12.5. The van der Waals surface area contributed by atoms with Gasteiger partial charge in [-0.25, -0.2) is 4.98 Å². The Balaban J connectivity index is 1.54. The molecule has 0 unspecified atom stereocenters. The molecule has 0 saturated heterocycles. The number of nitrogens with one attached hydrogen (secondary N) is 1. The molecule has 3 rings (SSSR count). The fourth-order valence-electron chi connectivity index (χ4n) is 3.76. The highest BCUT2D eigenvalue weighted by molar-refractivity contribution is 7.15. The average molecular weight is 317 g/mol. The van der Waals surface area contributed by atoms with Crippen molar-refractivity contribution in [3.63, 3.8) is 0 Å². The molecule has 0 bridgehead atoms. The Kier molecular flexibility index (Phi) is 5.09. The van der Waals surface area contributed by atoms with Crippen molar-refractivity contribution in [3.05, 3.63) is 11.1 Å². The van der Waals surface area contributed by atoms with Gasteiger partial charge in [0.15, 0.2) is 5.13 Å². The van der Waals surface area contributed by atoms with E-state index in [1.807, 2.05) is 6.20 Å². The lowest BCUT2D eigenvalue weighted by molar-refractivity contribution is -0.119. The molecule has 118 valence electrons. The topological polar surface area (TPSA) is 65.8 Å². The fraction of sp³-hybridized carbons (Fsp3) is 0.706. The Labute approximate surface area is 135 Å². The van der Waals surface area contributed by atoms with E-state index >= 15 is 0 Å². The molecule has 0 radical (unpaired) electrons. The molecule has 22 heavy (non-hydrogen) atoms. The highest BCUT2D eigenvalue weighted by atomic mass is 32.1. The van der Waals surface area contributed by atoms with Gasteiger partial charge in [0.2, 0.25) is 5.91 Å². The van der Waals surface area contributed by atoms with Gasteiger partial charge >= 0.3 is 0 Å². The van der Waals surface area contributed by atoms with Gasteiger partial charge in [-0.2, -0.15) is 5.26 Å². The molecule has 2 atom stereocenters. The van der Waals surface area contributed by atoms with Gasteiger partial charge in [-0.1, -0.05) is 19.3 Å². The normalized spacial score (nSPS) is 25.8. The molecule has 4 nitrogen and oxygen atoms in total. The number of nitriles is 1. The van der Waals surface area contributed by atoms with E-state index in [9.17, 15) is 4.79 Å². The summed E-state index contributed by atoms with van der Waals surface area (Å²) in [6.45, 7) is 0. The van der Waals surface area contributed by atoms with Crippen LogP contribution in [-0.4, -0.2) is 10.9 Å². The van der Waals surface area contributed by atoms with Gasteiger partial charge in [0.05, 0.1) is 6.07 Å². The third-order valence-electron chi connectivity index (χ3n) is 5.05. The molecule has 0 aromatic carbocycles. The second kappa shape index (κ2) is 7.23. The predicted molar refractivity (Wildman–Crippen MR) is 87.6 cm³/mol. The number of carbonyl (C=O) groups excluding carboxylic acids is 1. The van der Waals surface area contributed by atoms with E-state index in [0.717, 1.165) is 24.4 Å². The molecule has 5 heteroatoms. The van der Waals surface area contributed by atoms with E-state index in [1.165, 1.54) is 37.0 Å². The summed E-state index contributed by atoms with van der Waals surface area (Å²) >= 11 is 1.64. The van der Waals surface area contributed by atoms with Gasteiger partial charge in [-0.05, 0) is 43.9 Å². The van der Waals surface area contributed by atoms with E-state index in [2.05, 4.69) is 16.4 Å². The summed E-state index contributed by atoms with van der Waals surface area (Å²) < 4.78 is 0. The molecule has 2 aliphatic carbocycles. The highest BCUT2D eigenvalue weighted by Gasteiger charge is 2.30. The first-order valence-corrected chi connectivity index (χ1v) is 9.21. The molecule has 2 aliphatic rings. The zero-order valence-electron chi connectivity index (χ0n) is 12.9. The van der Waals surface area contributed by atoms with Crippen molar-refractivity contribution in [1.82, 2.24) is 4.98 Å². The Morgan fingerprint density at radius 2 is 2.14 bits per heavy atom. The minimum atomic E-state index is 0.0559. The van der Waals surface area contributed by atoms with E-state index in [4.69, 9.17) is 5.26 Å². The number of nitrogens with zero attached hydrogens (tertiary/aromatic N) is 2. The Hall–Kier alpha value is -1.41. The summed E-state index contributed by atoms with van der Waals surface area (Å²) in [6, 6.07) is 2.22. The number of thiazole rings is 1. The standard InChI is InChI=1S/C17H23N3OS/c18-9-8-12-6-7-14(10-12)16(21)20-17-19-11-15(22-17)13-4-2-1-3-5-13/h11-14H,1-8,10H2,(H,19,20,21)/t12-,14+/m1/s1. The second-order valence-corrected chi connectivity index (χ2v) is 7.69. The van der Waals surface area contributed by atoms with Crippen LogP contribution in [0.3, 0.4) is 0 Å². The summed E-state index contributed by atoms with van der Waals surface area (Å²) in [5.74, 6) is 1.18. The Bertz CT molecular complexity index is 556. The summed E-state index contributed by atoms with van der Waals surface area (Å²) in [5.41, 5.74) is 0. The van der Waals surface area contributed by atoms with Crippen LogP contribution in [0.2, 0.25) is 0 Å². The third kappa shape index (κ3) is 3.67. The Morgan fingerprint density at radius 3 is 2.91 bits per heavy atom. The average Bonchev–Trinajstić information content (AvgIpc) is 3.18. The van der Waals surface area contributed by atoms with Gasteiger partial charge < -0.3 is 5.32 Å². The maximum atomic E-state index is 12.3. The van der Waals surface area contributed by atoms with Crippen LogP contribution < -0.4 is 5.32 Å². The smallest absolute Gasteiger partial charge is 0.229 e. The van der Waals surface area contributed by atoms with Crippen molar-refractivity contribution in [3.8, 4) is 6.07 Å². The SMILES string of the molecule is N#CC[C@H]1CC[C@H](C(=O)Nc2ncc(C3CCCCC3)s2)C1. The Morgan fingerprint density at radius 1 is 1.32 bits per heavy atom. The van der Waals surface area contributed by atoms with E-state index in [1.54, 1.807) is 11.3 Å². The maximum Gasteiger partial charge on any atom is 0.229 e. The van der Waals surface area contributed by atoms with Crippen molar-refractivity contribution < 1.29 is 4.79 Å². The lowest BCUT2D eigenvalue weighted by atomic mass is 9.89. The van der Waals surface area contributed by atoms with Crippen LogP contribution in [0.15, 0.2) is 6.20 Å². The predicted octanol–water partition coefficient (Wildman–Crippen LogP) is 4.46. The summed E-state index contributed by atoms with van der Waals surface area (Å²) in [4.78, 5) is 18.0. The number of rotatable bonds is 4. The van der Waals surface area contributed by atoms with Crippen molar-refractivity contribution >= 4 is 22.4 Å². The van der Waals surface area contributed by atoms with Gasteiger partial charge in [0.1, 0.15) is 0 Å². The van der Waals surface area contributed by atoms with Crippen LogP contribution in [0.1, 0.15) is 68.6 Å². The molecular formula is C17H23N3OS. The van der Waals surface area contributed by atoms with Crippen molar-refractivity contribution in [2.45, 2.75) is 63.7 Å². The minimum Gasteiger partial charge on any atom is -0.302 e. The van der Waals surface area contributed by atoms with Gasteiger partial charge in [-0.15, -0.1) is 11.3 Å². The molecule has 2 fully saturated rings. The second-order valence-electron chi connectivity index (χ2n) is 6.63.